The number of phenolic OH excluding ortho intramolecular Hbond substituents is 1. The average molecular weight is 439 g/mol. The number of hydrogen-bond donors (Lipinski definition) is 2. The molecule has 0 radical (unpaired) electrons. The van der Waals surface area contributed by atoms with E-state index in [4.69, 9.17) is 4.74 Å². The Morgan fingerprint density at radius 1 is 1.10 bits per heavy atom. The number of rotatable bonds is 6. The highest BCUT2D eigenvalue weighted by atomic mass is 32.1. The molecule has 4 rings (SSSR count). The molecule has 2 heterocycles. The van der Waals surface area contributed by atoms with Gasteiger partial charge < -0.3 is 15.2 Å². The minimum Gasteiger partial charge on any atom is -0.506 e. The lowest BCUT2D eigenvalue weighted by molar-refractivity contribution is 0.0530. The van der Waals surface area contributed by atoms with Gasteiger partial charge in [0, 0.05) is 23.1 Å². The van der Waals surface area contributed by atoms with Crippen LogP contribution in [0.25, 0.3) is 10.1 Å². The molecule has 1 aromatic heterocycles. The SMILES string of the molecule is CCOC(=O)c1c(NC(=O)c2ccccc2)sc2c(O)c(CN3CCCCC3)ccc12. The highest BCUT2D eigenvalue weighted by Crippen LogP contribution is 2.43. The molecule has 6 nitrogen and oxygen atoms in total. The molecule has 1 fully saturated rings. The number of nitrogens with one attached hydrogen (secondary N) is 1. The first-order valence-electron chi connectivity index (χ1n) is 10.6. The number of esters is 1. The second-order valence-corrected chi connectivity index (χ2v) is 8.65. The third kappa shape index (κ3) is 4.57. The summed E-state index contributed by atoms with van der Waals surface area (Å²) in [5.74, 6) is -0.662. The summed E-state index contributed by atoms with van der Waals surface area (Å²) in [6.07, 6.45) is 3.59. The number of likely N-dealkylation sites (tertiary alicyclic amines) is 1. The summed E-state index contributed by atoms with van der Waals surface area (Å²) in [6, 6.07) is 12.5. The van der Waals surface area contributed by atoms with E-state index in [0.29, 0.717) is 27.2 Å². The fraction of sp³-hybridized carbons (Fsp3) is 0.333. The number of amides is 1. The summed E-state index contributed by atoms with van der Waals surface area (Å²) in [5.41, 5.74) is 1.60. The summed E-state index contributed by atoms with van der Waals surface area (Å²) in [6.45, 7) is 4.67. The van der Waals surface area contributed by atoms with Crippen LogP contribution in [0.5, 0.6) is 5.75 Å². The number of anilines is 1. The van der Waals surface area contributed by atoms with E-state index < -0.39 is 5.97 Å². The van der Waals surface area contributed by atoms with Gasteiger partial charge in [-0.1, -0.05) is 36.8 Å². The standard InChI is InChI=1S/C24H26N2O4S/c1-2-30-24(29)19-18-12-11-17(15-26-13-7-4-8-14-26)20(27)21(18)31-23(19)25-22(28)16-9-5-3-6-10-16/h3,5-6,9-12,27H,2,4,7-8,13-15H2,1H3,(H,25,28). The van der Waals surface area contributed by atoms with Crippen LogP contribution in [-0.2, 0) is 11.3 Å². The maximum atomic E-state index is 12.7. The molecule has 0 unspecified atom stereocenters. The highest BCUT2D eigenvalue weighted by Gasteiger charge is 2.25. The summed E-state index contributed by atoms with van der Waals surface area (Å²) in [5, 5.41) is 14.8. The van der Waals surface area contributed by atoms with Crippen LogP contribution >= 0.6 is 11.3 Å². The second-order valence-electron chi connectivity index (χ2n) is 7.63. The molecule has 0 spiro atoms. The molecule has 7 heteroatoms. The number of benzene rings is 2. The zero-order valence-electron chi connectivity index (χ0n) is 17.5. The molecule has 1 saturated heterocycles. The third-order valence-electron chi connectivity index (χ3n) is 5.50. The average Bonchev–Trinajstić information content (AvgIpc) is 3.16. The third-order valence-corrected chi connectivity index (χ3v) is 6.63. The van der Waals surface area contributed by atoms with Gasteiger partial charge in [0.2, 0.25) is 0 Å². The molecule has 2 aromatic carbocycles. The Hall–Kier alpha value is -2.90. The van der Waals surface area contributed by atoms with Crippen LogP contribution in [0.4, 0.5) is 5.00 Å². The smallest absolute Gasteiger partial charge is 0.341 e. The van der Waals surface area contributed by atoms with Crippen molar-refractivity contribution >= 4 is 38.3 Å². The zero-order chi connectivity index (χ0) is 21.8. The monoisotopic (exact) mass is 438 g/mol. The molecule has 0 atom stereocenters. The number of phenols is 1. The molecule has 3 aromatic rings. The van der Waals surface area contributed by atoms with Gasteiger partial charge in [0.05, 0.1) is 11.3 Å². The van der Waals surface area contributed by atoms with Crippen molar-refractivity contribution in [1.29, 1.82) is 0 Å². The van der Waals surface area contributed by atoms with Gasteiger partial charge in [-0.15, -0.1) is 11.3 Å². The van der Waals surface area contributed by atoms with Crippen molar-refractivity contribution in [2.24, 2.45) is 0 Å². The topological polar surface area (TPSA) is 78.9 Å². The largest absolute Gasteiger partial charge is 0.506 e. The predicted octanol–water partition coefficient (Wildman–Crippen LogP) is 5.02. The Balaban J connectivity index is 1.71. The number of fused-ring (bicyclic) bond motifs is 1. The van der Waals surface area contributed by atoms with Crippen LogP contribution in [0.2, 0.25) is 0 Å². The van der Waals surface area contributed by atoms with E-state index in [1.54, 1.807) is 31.2 Å². The number of nitrogens with zero attached hydrogens (tertiary/aromatic N) is 1. The normalized spacial score (nSPS) is 14.5. The van der Waals surface area contributed by atoms with Crippen LogP contribution in [0.1, 0.15) is 52.5 Å². The Kier molecular flexibility index (Phi) is 6.53. The van der Waals surface area contributed by atoms with Crippen LogP contribution < -0.4 is 5.32 Å². The predicted molar refractivity (Wildman–Crippen MR) is 123 cm³/mol. The highest BCUT2D eigenvalue weighted by molar-refractivity contribution is 7.24. The molecule has 1 amide bonds. The van der Waals surface area contributed by atoms with Gasteiger partial charge in [0.25, 0.3) is 5.91 Å². The summed E-state index contributed by atoms with van der Waals surface area (Å²) < 4.78 is 5.82. The zero-order valence-corrected chi connectivity index (χ0v) is 18.3. The van der Waals surface area contributed by atoms with Crippen molar-refractivity contribution < 1.29 is 19.4 Å². The van der Waals surface area contributed by atoms with E-state index in [1.165, 1.54) is 30.6 Å². The fourth-order valence-corrected chi connectivity index (χ4v) is 5.08. The van der Waals surface area contributed by atoms with E-state index in [9.17, 15) is 14.7 Å². The van der Waals surface area contributed by atoms with Crippen LogP contribution in [0.15, 0.2) is 42.5 Å². The van der Waals surface area contributed by atoms with Crippen LogP contribution in [-0.4, -0.2) is 41.6 Å². The number of piperidine rings is 1. The number of carbonyl (C=O) groups excluding carboxylic acids is 2. The fourth-order valence-electron chi connectivity index (χ4n) is 3.93. The first-order chi connectivity index (χ1) is 15.1. The Morgan fingerprint density at radius 3 is 2.55 bits per heavy atom. The molecule has 31 heavy (non-hydrogen) atoms. The van der Waals surface area contributed by atoms with Crippen molar-refractivity contribution in [2.75, 3.05) is 25.0 Å². The van der Waals surface area contributed by atoms with Crippen LogP contribution in [0, 0.1) is 0 Å². The van der Waals surface area contributed by atoms with E-state index in [2.05, 4.69) is 10.2 Å². The lowest BCUT2D eigenvalue weighted by Crippen LogP contribution is -2.29. The Morgan fingerprint density at radius 2 is 1.84 bits per heavy atom. The Bertz CT molecular complexity index is 1090. The van der Waals surface area contributed by atoms with Crippen molar-refractivity contribution in [2.45, 2.75) is 32.7 Å². The summed E-state index contributed by atoms with van der Waals surface area (Å²) >= 11 is 1.20. The molecular weight excluding hydrogens is 412 g/mol. The maximum Gasteiger partial charge on any atom is 0.341 e. The second kappa shape index (κ2) is 9.49. The Labute approximate surface area is 185 Å². The van der Waals surface area contributed by atoms with Gasteiger partial charge in [0.15, 0.2) is 0 Å². The van der Waals surface area contributed by atoms with Crippen molar-refractivity contribution in [3.8, 4) is 5.75 Å². The minimum atomic E-state index is -0.514. The number of hydrogen-bond acceptors (Lipinski definition) is 6. The number of thiophene rings is 1. The van der Waals surface area contributed by atoms with E-state index >= 15 is 0 Å². The first-order valence-corrected chi connectivity index (χ1v) is 11.4. The van der Waals surface area contributed by atoms with Gasteiger partial charge in [0.1, 0.15) is 16.3 Å². The molecule has 2 N–H and O–H groups in total. The van der Waals surface area contributed by atoms with Crippen LogP contribution in [0.3, 0.4) is 0 Å². The van der Waals surface area contributed by atoms with Crippen molar-refractivity contribution in [1.82, 2.24) is 4.90 Å². The van der Waals surface area contributed by atoms with E-state index in [0.717, 1.165) is 18.7 Å². The van der Waals surface area contributed by atoms with Crippen molar-refractivity contribution in [3.05, 3.63) is 59.2 Å². The molecular formula is C24H26N2O4S. The summed E-state index contributed by atoms with van der Waals surface area (Å²) in [7, 11) is 0. The van der Waals surface area contributed by atoms with E-state index in [1.807, 2.05) is 18.2 Å². The van der Waals surface area contributed by atoms with Gasteiger partial charge in [-0.3, -0.25) is 9.69 Å². The number of carbonyl (C=O) groups is 2. The number of ether oxygens (including phenoxy) is 1. The quantitative estimate of drug-likeness (QED) is 0.528. The van der Waals surface area contributed by atoms with Gasteiger partial charge in [-0.2, -0.15) is 0 Å². The lowest BCUT2D eigenvalue weighted by atomic mass is 10.1. The van der Waals surface area contributed by atoms with Crippen molar-refractivity contribution in [3.63, 3.8) is 0 Å². The van der Waals surface area contributed by atoms with Gasteiger partial charge in [-0.25, -0.2) is 4.79 Å². The molecule has 1 aliphatic heterocycles. The minimum absolute atomic E-state index is 0.166. The molecule has 0 bridgehead atoms. The lowest BCUT2D eigenvalue weighted by Gasteiger charge is -2.26. The van der Waals surface area contributed by atoms with Gasteiger partial charge >= 0.3 is 5.97 Å². The summed E-state index contributed by atoms with van der Waals surface area (Å²) in [4.78, 5) is 27.8. The first kappa shape index (κ1) is 21.3. The molecule has 0 aliphatic carbocycles. The molecule has 0 saturated carbocycles. The molecule has 1 aliphatic rings. The van der Waals surface area contributed by atoms with Gasteiger partial charge in [-0.05, 0) is 45.0 Å². The van der Waals surface area contributed by atoms with E-state index in [-0.39, 0.29) is 23.8 Å². The number of aromatic hydroxyl groups is 1. The maximum absolute atomic E-state index is 12.7. The molecule has 162 valence electrons.